The number of rotatable bonds is 6. The summed E-state index contributed by atoms with van der Waals surface area (Å²) in [6.45, 7) is 3.34. The van der Waals surface area contributed by atoms with Crippen molar-refractivity contribution in [3.8, 4) is 0 Å². The van der Waals surface area contributed by atoms with Crippen LogP contribution in [0.15, 0.2) is 42.5 Å². The molecule has 0 saturated carbocycles. The lowest BCUT2D eigenvalue weighted by Crippen LogP contribution is -2.61. The van der Waals surface area contributed by atoms with Crippen LogP contribution in [0.25, 0.3) is 0 Å². The molecule has 42 heavy (non-hydrogen) atoms. The zero-order chi connectivity index (χ0) is 31.1. The van der Waals surface area contributed by atoms with Crippen molar-refractivity contribution in [1.29, 1.82) is 0 Å². The van der Waals surface area contributed by atoms with E-state index in [1.165, 1.54) is 41.1 Å². The Morgan fingerprint density at radius 1 is 1.05 bits per heavy atom. The number of nitrogens with zero attached hydrogens (tertiary/aromatic N) is 3. The molecule has 4 amide bonds. The van der Waals surface area contributed by atoms with Gasteiger partial charge in [0.15, 0.2) is 6.23 Å². The minimum Gasteiger partial charge on any atom is -0.478 e. The Kier molecular flexibility index (Phi) is 8.22. The smallest absolute Gasteiger partial charge is 0.416 e. The summed E-state index contributed by atoms with van der Waals surface area (Å²) in [4.78, 5) is 54.7. The number of hydrogen-bond acceptors (Lipinski definition) is 5. The number of likely N-dealkylation sites (N-methyl/N-ethyl adjacent to an activating group) is 1. The van der Waals surface area contributed by atoms with Gasteiger partial charge < -0.3 is 20.4 Å². The lowest BCUT2D eigenvalue weighted by Gasteiger charge is -2.46. The standard InChI is InChI=1S/C28H30F4N4O6/c1-15(2)21(33-22(37)19-14-17(28(30,31)32)6-9-20(19)29)23(38)35-12-10-27(11-13-35)25(41)34(3)26(42)36(27)18-7-4-16(5-8-18)24(39)40/h4-9,14-15,21,25,41H,10-13H2,1-3H3,(H,33,37)(H,39,40)/t21-,25?/m1/s1. The summed E-state index contributed by atoms with van der Waals surface area (Å²) in [5.41, 5.74) is -2.82. The summed E-state index contributed by atoms with van der Waals surface area (Å²) in [5.74, 6) is -4.55. The van der Waals surface area contributed by atoms with Crippen molar-refractivity contribution in [3.05, 3.63) is 65.0 Å². The quantitative estimate of drug-likeness (QED) is 0.439. The van der Waals surface area contributed by atoms with Gasteiger partial charge in [0.1, 0.15) is 11.9 Å². The predicted molar refractivity (Wildman–Crippen MR) is 141 cm³/mol. The van der Waals surface area contributed by atoms with Gasteiger partial charge in [-0.2, -0.15) is 13.2 Å². The van der Waals surface area contributed by atoms with Crippen LogP contribution in [0.4, 0.5) is 28.0 Å². The summed E-state index contributed by atoms with van der Waals surface area (Å²) in [7, 11) is 1.43. The molecular weight excluding hydrogens is 564 g/mol. The van der Waals surface area contributed by atoms with Gasteiger partial charge in [0.25, 0.3) is 5.91 Å². The number of hydrogen-bond donors (Lipinski definition) is 3. The molecule has 1 spiro atoms. The van der Waals surface area contributed by atoms with Crippen molar-refractivity contribution in [2.45, 2.75) is 50.7 Å². The van der Waals surface area contributed by atoms with E-state index in [4.69, 9.17) is 0 Å². The number of aromatic carboxylic acids is 1. The summed E-state index contributed by atoms with van der Waals surface area (Å²) >= 11 is 0. The van der Waals surface area contributed by atoms with Gasteiger partial charge in [-0.1, -0.05) is 13.8 Å². The molecule has 2 aromatic rings. The normalized spacial score (nSPS) is 19.4. The predicted octanol–water partition coefficient (Wildman–Crippen LogP) is 3.55. The van der Waals surface area contributed by atoms with Crippen molar-refractivity contribution in [2.24, 2.45) is 5.92 Å². The van der Waals surface area contributed by atoms with Crippen LogP contribution in [0.5, 0.6) is 0 Å². The van der Waals surface area contributed by atoms with E-state index >= 15 is 0 Å². The van der Waals surface area contributed by atoms with Gasteiger partial charge in [-0.25, -0.2) is 14.0 Å². The van der Waals surface area contributed by atoms with Crippen molar-refractivity contribution in [2.75, 3.05) is 25.0 Å². The maximum atomic E-state index is 14.3. The number of piperidine rings is 1. The average Bonchev–Trinajstić information content (AvgIpc) is 3.11. The number of anilines is 1. The van der Waals surface area contributed by atoms with Gasteiger partial charge in [0.05, 0.1) is 22.2 Å². The third kappa shape index (κ3) is 5.50. The SMILES string of the molecule is CC(C)[C@@H](NC(=O)c1cc(C(F)(F)F)ccc1F)C(=O)N1CCC2(CC1)C(O)N(C)C(=O)N2c1ccc(C(=O)O)cc1. The van der Waals surface area contributed by atoms with Crippen LogP contribution in [0.2, 0.25) is 0 Å². The Morgan fingerprint density at radius 3 is 2.17 bits per heavy atom. The van der Waals surface area contributed by atoms with E-state index in [2.05, 4.69) is 5.32 Å². The molecule has 2 heterocycles. The third-order valence-corrected chi connectivity index (χ3v) is 7.86. The largest absolute Gasteiger partial charge is 0.478 e. The minimum atomic E-state index is -4.80. The molecule has 3 N–H and O–H groups in total. The number of amides is 4. The molecule has 4 rings (SSSR count). The molecule has 0 aliphatic carbocycles. The Balaban J connectivity index is 1.53. The monoisotopic (exact) mass is 594 g/mol. The molecule has 2 fully saturated rings. The fourth-order valence-corrected chi connectivity index (χ4v) is 5.45. The van der Waals surface area contributed by atoms with Gasteiger partial charge >= 0.3 is 18.2 Å². The number of likely N-dealkylation sites (tertiary alicyclic amines) is 1. The fraction of sp³-hybridized carbons (Fsp3) is 0.429. The maximum absolute atomic E-state index is 14.3. The number of aliphatic hydroxyl groups excluding tert-OH is 1. The van der Waals surface area contributed by atoms with Crippen LogP contribution >= 0.6 is 0 Å². The van der Waals surface area contributed by atoms with Gasteiger partial charge in [-0.3, -0.25) is 19.4 Å². The van der Waals surface area contributed by atoms with E-state index in [0.717, 1.165) is 4.90 Å². The first-order valence-corrected chi connectivity index (χ1v) is 13.1. The molecule has 0 aromatic heterocycles. The van der Waals surface area contributed by atoms with Crippen molar-refractivity contribution < 1.29 is 47.0 Å². The number of benzene rings is 2. The fourth-order valence-electron chi connectivity index (χ4n) is 5.45. The topological polar surface area (TPSA) is 130 Å². The maximum Gasteiger partial charge on any atom is 0.416 e. The molecular formula is C28H30F4N4O6. The number of carbonyl (C=O) groups is 4. The van der Waals surface area contributed by atoms with Crippen molar-refractivity contribution in [1.82, 2.24) is 15.1 Å². The minimum absolute atomic E-state index is 0.0144. The molecule has 2 aliphatic heterocycles. The Bertz CT molecular complexity index is 1390. The third-order valence-electron chi connectivity index (χ3n) is 7.86. The number of carboxylic acid groups (broad SMARTS) is 1. The summed E-state index contributed by atoms with van der Waals surface area (Å²) in [6, 6.07) is 5.34. The Hall–Kier alpha value is -4.20. The van der Waals surface area contributed by atoms with E-state index in [9.17, 15) is 47.0 Å². The van der Waals surface area contributed by atoms with E-state index in [1.807, 2.05) is 0 Å². The second-order valence-electron chi connectivity index (χ2n) is 10.8. The molecule has 10 nitrogen and oxygen atoms in total. The van der Waals surface area contributed by atoms with E-state index in [1.54, 1.807) is 13.8 Å². The number of aliphatic hydroxyl groups is 1. The number of carbonyl (C=O) groups excluding carboxylic acids is 3. The number of alkyl halides is 3. The van der Waals surface area contributed by atoms with Crippen LogP contribution < -0.4 is 10.2 Å². The van der Waals surface area contributed by atoms with E-state index in [-0.39, 0.29) is 31.5 Å². The molecule has 2 aliphatic rings. The highest BCUT2D eigenvalue weighted by atomic mass is 19.4. The second kappa shape index (κ2) is 11.2. The summed E-state index contributed by atoms with van der Waals surface area (Å²) < 4.78 is 53.7. The van der Waals surface area contributed by atoms with Crippen molar-refractivity contribution in [3.63, 3.8) is 0 Å². The molecule has 2 saturated heterocycles. The Labute approximate surface area is 238 Å². The second-order valence-corrected chi connectivity index (χ2v) is 10.8. The molecule has 0 bridgehead atoms. The van der Waals surface area contributed by atoms with Gasteiger partial charge in [-0.15, -0.1) is 0 Å². The molecule has 2 aromatic carbocycles. The molecule has 0 radical (unpaired) electrons. The average molecular weight is 595 g/mol. The lowest BCUT2D eigenvalue weighted by atomic mass is 9.84. The highest BCUT2D eigenvalue weighted by Crippen LogP contribution is 2.42. The summed E-state index contributed by atoms with van der Waals surface area (Å²) in [6.07, 6.45) is -5.80. The zero-order valence-corrected chi connectivity index (χ0v) is 23.0. The number of urea groups is 1. The van der Waals surface area contributed by atoms with Crippen LogP contribution in [-0.4, -0.2) is 81.8 Å². The van der Waals surface area contributed by atoms with Gasteiger partial charge in [0.2, 0.25) is 5.91 Å². The van der Waals surface area contributed by atoms with Crippen LogP contribution in [-0.2, 0) is 11.0 Å². The van der Waals surface area contributed by atoms with Crippen LogP contribution in [0.1, 0.15) is 53.0 Å². The first kappa shape index (κ1) is 30.8. The van der Waals surface area contributed by atoms with Crippen LogP contribution in [0, 0.1) is 11.7 Å². The van der Waals surface area contributed by atoms with E-state index < -0.39 is 70.7 Å². The van der Waals surface area contributed by atoms with Gasteiger partial charge in [0, 0.05) is 25.8 Å². The molecule has 1 unspecified atom stereocenters. The zero-order valence-electron chi connectivity index (χ0n) is 23.0. The van der Waals surface area contributed by atoms with E-state index in [0.29, 0.717) is 23.9 Å². The number of nitrogens with one attached hydrogen (secondary N) is 1. The molecule has 226 valence electrons. The Morgan fingerprint density at radius 2 is 1.64 bits per heavy atom. The summed E-state index contributed by atoms with van der Waals surface area (Å²) in [5, 5.41) is 22.7. The van der Waals surface area contributed by atoms with Crippen molar-refractivity contribution >= 4 is 29.5 Å². The van der Waals surface area contributed by atoms with Gasteiger partial charge in [-0.05, 0) is 61.2 Å². The highest BCUT2D eigenvalue weighted by molar-refractivity contribution is 5.99. The first-order valence-electron chi connectivity index (χ1n) is 13.1. The number of carboxylic acids is 1. The molecule has 14 heteroatoms. The van der Waals surface area contributed by atoms with Crippen LogP contribution in [0.3, 0.4) is 0 Å². The first-order chi connectivity index (χ1) is 19.6. The molecule has 2 atom stereocenters. The highest BCUT2D eigenvalue weighted by Gasteiger charge is 2.57. The lowest BCUT2D eigenvalue weighted by molar-refractivity contribution is -0.138. The number of halogens is 4.